The van der Waals surface area contributed by atoms with Crippen LogP contribution >= 0.6 is 0 Å². The highest BCUT2D eigenvalue weighted by Gasteiger charge is 2.45. The predicted octanol–water partition coefficient (Wildman–Crippen LogP) is 3.81. The Bertz CT molecular complexity index is 1360. The van der Waals surface area contributed by atoms with Gasteiger partial charge in [0.1, 0.15) is 5.69 Å². The molecule has 6 rings (SSSR count). The van der Waals surface area contributed by atoms with Gasteiger partial charge in [0.05, 0.1) is 5.69 Å². The topological polar surface area (TPSA) is 122 Å². The molecule has 2 saturated heterocycles. The molecule has 1 amide bonds. The van der Waals surface area contributed by atoms with Gasteiger partial charge in [0.2, 0.25) is 0 Å². The van der Waals surface area contributed by atoms with E-state index < -0.39 is 5.91 Å². The fourth-order valence-corrected chi connectivity index (χ4v) is 6.14. The maximum absolute atomic E-state index is 12.6. The molecular weight excluding hydrogens is 504 g/mol. The Morgan fingerprint density at radius 2 is 1.73 bits per heavy atom. The van der Waals surface area contributed by atoms with E-state index in [2.05, 4.69) is 44.6 Å². The molecule has 1 spiro atoms. The first kappa shape index (κ1) is 26.5. The van der Waals surface area contributed by atoms with Gasteiger partial charge in [-0.2, -0.15) is 0 Å². The second-order valence-electron chi connectivity index (χ2n) is 11.5. The average molecular weight is 543 g/mol. The van der Waals surface area contributed by atoms with Crippen LogP contribution in [0.2, 0.25) is 0 Å². The van der Waals surface area contributed by atoms with Gasteiger partial charge in [0.15, 0.2) is 17.3 Å². The smallest absolute Gasteiger partial charge is 0.271 e. The van der Waals surface area contributed by atoms with Crippen molar-refractivity contribution in [3.05, 3.63) is 53.9 Å². The van der Waals surface area contributed by atoms with Crippen LogP contribution in [0.5, 0.6) is 0 Å². The summed E-state index contributed by atoms with van der Waals surface area (Å²) in [7, 11) is 2.15. The molecule has 3 aliphatic rings. The number of aromatic nitrogens is 3. The van der Waals surface area contributed by atoms with Crippen molar-refractivity contribution >= 4 is 28.9 Å². The quantitative estimate of drug-likeness (QED) is 0.409. The van der Waals surface area contributed by atoms with Gasteiger partial charge < -0.3 is 30.9 Å². The summed E-state index contributed by atoms with van der Waals surface area (Å²) in [6.07, 6.45) is 6.05. The number of nitrogens with one attached hydrogen (secondary N) is 2. The fraction of sp³-hybridized carbons (Fsp3) is 0.467. The number of primary amides is 1. The summed E-state index contributed by atoms with van der Waals surface area (Å²) in [6.45, 7) is 7.74. The van der Waals surface area contributed by atoms with E-state index in [1.807, 2.05) is 31.2 Å². The van der Waals surface area contributed by atoms with Crippen molar-refractivity contribution in [1.29, 1.82) is 0 Å². The van der Waals surface area contributed by atoms with E-state index in [0.717, 1.165) is 76.3 Å². The minimum atomic E-state index is -0.643. The second-order valence-corrected chi connectivity index (χ2v) is 11.5. The molecule has 40 heavy (non-hydrogen) atoms. The Labute approximate surface area is 235 Å². The third-order valence-corrected chi connectivity index (χ3v) is 8.61. The van der Waals surface area contributed by atoms with Gasteiger partial charge in [-0.25, -0.2) is 9.97 Å². The van der Waals surface area contributed by atoms with Gasteiger partial charge in [-0.05, 0) is 81.0 Å². The van der Waals surface area contributed by atoms with Crippen LogP contribution in [-0.4, -0.2) is 78.2 Å². The number of hydrogen-bond acceptors (Lipinski definition) is 9. The lowest BCUT2D eigenvalue weighted by Gasteiger charge is -2.50. The van der Waals surface area contributed by atoms with Crippen molar-refractivity contribution < 1.29 is 9.53 Å². The van der Waals surface area contributed by atoms with Crippen LogP contribution < -0.4 is 21.3 Å². The zero-order valence-corrected chi connectivity index (χ0v) is 23.3. The number of ether oxygens (including phenoxy) is 1. The Balaban J connectivity index is 1.29. The molecule has 0 atom stereocenters. The molecule has 1 saturated carbocycles. The minimum Gasteiger partial charge on any atom is -0.381 e. The number of pyridine rings is 1. The highest BCUT2D eigenvalue weighted by molar-refractivity contribution is 5.97. The van der Waals surface area contributed by atoms with Crippen molar-refractivity contribution in [2.24, 2.45) is 11.1 Å². The summed E-state index contributed by atoms with van der Waals surface area (Å²) in [4.78, 5) is 31.6. The maximum atomic E-state index is 12.6. The average Bonchev–Trinajstić information content (AvgIpc) is 2.94. The number of carbonyl (C=O) groups is 1. The van der Waals surface area contributed by atoms with E-state index in [1.54, 1.807) is 6.20 Å². The summed E-state index contributed by atoms with van der Waals surface area (Å²) >= 11 is 0. The molecule has 4 N–H and O–H groups in total. The number of nitrogens with two attached hydrogens (primary N) is 1. The van der Waals surface area contributed by atoms with Crippen molar-refractivity contribution in [3.63, 3.8) is 0 Å². The number of likely N-dealkylation sites (N-methyl/N-ethyl adjacent to an activating group) is 1. The Morgan fingerprint density at radius 1 is 1.00 bits per heavy atom. The number of rotatable bonds is 7. The fourth-order valence-electron chi connectivity index (χ4n) is 6.14. The first-order valence-electron chi connectivity index (χ1n) is 14.2. The first-order chi connectivity index (χ1) is 19.4. The van der Waals surface area contributed by atoms with Crippen LogP contribution in [0.1, 0.15) is 41.7 Å². The zero-order chi connectivity index (χ0) is 27.7. The van der Waals surface area contributed by atoms with Crippen molar-refractivity contribution in [3.8, 4) is 11.4 Å². The molecule has 3 aromatic rings. The number of nitrogens with zero attached hydrogens (tertiary/aromatic N) is 5. The molecule has 10 nitrogen and oxygen atoms in total. The molecule has 210 valence electrons. The number of piperazine rings is 1. The van der Waals surface area contributed by atoms with Crippen molar-refractivity contribution in [2.45, 2.75) is 38.6 Å². The van der Waals surface area contributed by atoms with Crippen molar-refractivity contribution in [2.75, 3.05) is 62.0 Å². The third-order valence-electron chi connectivity index (χ3n) is 8.61. The summed E-state index contributed by atoms with van der Waals surface area (Å²) in [6, 6.07) is 12.3. The third kappa shape index (κ3) is 5.46. The van der Waals surface area contributed by atoms with Crippen LogP contribution in [0.25, 0.3) is 11.4 Å². The first-order valence-corrected chi connectivity index (χ1v) is 14.2. The molecule has 10 heteroatoms. The molecule has 0 unspecified atom stereocenters. The normalized spacial score (nSPS) is 19.3. The summed E-state index contributed by atoms with van der Waals surface area (Å²) in [5.74, 6) is 0.297. The lowest BCUT2D eigenvalue weighted by molar-refractivity contribution is -0.0342. The van der Waals surface area contributed by atoms with E-state index in [1.165, 1.54) is 5.69 Å². The molecule has 3 fully saturated rings. The van der Waals surface area contributed by atoms with Gasteiger partial charge in [0, 0.05) is 63.0 Å². The summed E-state index contributed by atoms with van der Waals surface area (Å²) in [5.41, 5.74) is 10.4. The van der Waals surface area contributed by atoms with Crippen LogP contribution in [0.3, 0.4) is 0 Å². The highest BCUT2D eigenvalue weighted by atomic mass is 16.5. The largest absolute Gasteiger partial charge is 0.381 e. The molecule has 0 radical (unpaired) electrons. The number of amides is 1. The number of anilines is 4. The number of aryl methyl sites for hydroxylation is 1. The SMILES string of the molecule is Cc1cccnc1-c1nc(C(N)=O)c(Nc2ccc(N3CCN(C)CC3)cc2)nc1NC1CC2(CCOCC2)C1. The zero-order valence-electron chi connectivity index (χ0n) is 23.3. The van der Waals surface area contributed by atoms with Gasteiger partial charge in [-0.3, -0.25) is 9.78 Å². The lowest BCUT2D eigenvalue weighted by atomic mass is 9.61. The van der Waals surface area contributed by atoms with Gasteiger partial charge in [-0.15, -0.1) is 0 Å². The molecule has 1 aromatic carbocycles. The predicted molar refractivity (Wildman–Crippen MR) is 157 cm³/mol. The number of benzene rings is 1. The van der Waals surface area contributed by atoms with Gasteiger partial charge in [-0.1, -0.05) is 6.07 Å². The van der Waals surface area contributed by atoms with Gasteiger partial charge in [0.25, 0.3) is 5.91 Å². The maximum Gasteiger partial charge on any atom is 0.271 e. The number of carbonyl (C=O) groups excluding carboxylic acids is 1. The summed E-state index contributed by atoms with van der Waals surface area (Å²) in [5, 5.41) is 6.95. The Kier molecular flexibility index (Phi) is 7.29. The molecular formula is C30H38N8O2. The van der Waals surface area contributed by atoms with Crippen LogP contribution in [0.4, 0.5) is 23.0 Å². The number of hydrogen-bond donors (Lipinski definition) is 3. The van der Waals surface area contributed by atoms with Crippen LogP contribution in [-0.2, 0) is 4.74 Å². The van der Waals surface area contributed by atoms with Crippen LogP contribution in [0, 0.1) is 12.3 Å². The van der Waals surface area contributed by atoms with Gasteiger partial charge >= 0.3 is 0 Å². The van der Waals surface area contributed by atoms with E-state index >= 15 is 0 Å². The molecule has 1 aliphatic carbocycles. The second kappa shape index (κ2) is 11.0. The van der Waals surface area contributed by atoms with Crippen molar-refractivity contribution in [1.82, 2.24) is 19.9 Å². The van der Waals surface area contributed by atoms with E-state index in [4.69, 9.17) is 20.4 Å². The molecule has 4 heterocycles. The van der Waals surface area contributed by atoms with E-state index in [0.29, 0.717) is 28.4 Å². The summed E-state index contributed by atoms with van der Waals surface area (Å²) < 4.78 is 5.59. The molecule has 2 aliphatic heterocycles. The van der Waals surface area contributed by atoms with Crippen LogP contribution in [0.15, 0.2) is 42.6 Å². The standard InChI is InChI=1S/C30H38N8O2/c1-20-4-3-11-32-24(20)25-28(34-22-18-30(19-22)9-16-40-17-10-30)36-29(26(35-25)27(31)39)33-21-5-7-23(8-6-21)38-14-12-37(2)13-15-38/h3-8,11,22H,9-10,12-19H2,1-2H3,(H2,31,39)(H2,33,34,36). The molecule has 0 bridgehead atoms. The Morgan fingerprint density at radius 3 is 2.40 bits per heavy atom. The molecule has 2 aromatic heterocycles. The monoisotopic (exact) mass is 542 g/mol. The lowest BCUT2D eigenvalue weighted by Crippen LogP contribution is -2.48. The Hall–Kier alpha value is -3.76. The van der Waals surface area contributed by atoms with E-state index in [-0.39, 0.29) is 11.7 Å². The van der Waals surface area contributed by atoms with E-state index in [9.17, 15) is 4.79 Å². The highest BCUT2D eigenvalue weighted by Crippen LogP contribution is 2.50. The minimum absolute atomic E-state index is 0.0863.